The molecule has 296 valence electrons. The second-order valence-corrected chi connectivity index (χ2v) is 15.1. The standard InChI is InChI=1S/C54H34F3N5/c1-34-17-19-36(20-18-34)45-32-41(53-60-51(38-11-5-3-6-12-38)59-52(61-53)39-13-7-4-8-14-39)33-46(37-21-26-42(27-22-37)54(55,56)57)50(45)62-48-16-10-9-15-44(48)47-31-40(25-30-49(47)62)35-23-28-43(58-2)29-24-35/h3-33H,1H3. The monoisotopic (exact) mass is 809 g/mol. The van der Waals surface area contributed by atoms with E-state index in [-0.39, 0.29) is 0 Å². The van der Waals surface area contributed by atoms with Crippen molar-refractivity contribution in [2.75, 3.05) is 0 Å². The molecule has 2 heterocycles. The SMILES string of the molecule is [C-]#[N+]c1ccc(-c2ccc3c(c2)c2ccccc2n3-c2c(-c3ccc(C)cc3)cc(-c3nc(-c4ccccc4)nc(-c4ccccc4)n3)cc2-c2ccc(C(F)(F)F)cc2)cc1. The molecule has 0 saturated carbocycles. The third-order valence-electron chi connectivity index (χ3n) is 11.2. The molecule has 0 radical (unpaired) electrons. The van der Waals surface area contributed by atoms with Gasteiger partial charge in [-0.3, -0.25) is 0 Å². The van der Waals surface area contributed by atoms with E-state index in [2.05, 4.69) is 70.1 Å². The number of halogens is 3. The van der Waals surface area contributed by atoms with E-state index in [1.165, 1.54) is 0 Å². The Balaban J connectivity index is 1.30. The predicted molar refractivity (Wildman–Crippen MR) is 243 cm³/mol. The van der Waals surface area contributed by atoms with Crippen LogP contribution in [0.25, 0.3) is 99.9 Å². The Labute approximate surface area is 355 Å². The molecule has 0 spiro atoms. The second kappa shape index (κ2) is 15.5. The maximum absolute atomic E-state index is 14.1. The predicted octanol–water partition coefficient (Wildman–Crippen LogP) is 14.8. The molecule has 10 rings (SSSR count). The summed E-state index contributed by atoms with van der Waals surface area (Å²) in [6.45, 7) is 9.46. The first-order valence-electron chi connectivity index (χ1n) is 20.0. The van der Waals surface area contributed by atoms with Crippen molar-refractivity contribution in [1.29, 1.82) is 0 Å². The highest BCUT2D eigenvalue weighted by Crippen LogP contribution is 2.45. The lowest BCUT2D eigenvalue weighted by molar-refractivity contribution is -0.137. The molecule has 0 N–H and O–H groups in total. The van der Waals surface area contributed by atoms with Crippen LogP contribution in [0.3, 0.4) is 0 Å². The number of hydrogen-bond donors (Lipinski definition) is 0. The fourth-order valence-corrected chi connectivity index (χ4v) is 8.08. The Bertz CT molecular complexity index is 3260. The van der Waals surface area contributed by atoms with E-state index in [9.17, 15) is 13.2 Å². The van der Waals surface area contributed by atoms with Gasteiger partial charge >= 0.3 is 6.18 Å². The van der Waals surface area contributed by atoms with Crippen LogP contribution in [0, 0.1) is 13.5 Å². The van der Waals surface area contributed by atoms with Gasteiger partial charge in [0.15, 0.2) is 23.2 Å². The zero-order valence-corrected chi connectivity index (χ0v) is 33.3. The van der Waals surface area contributed by atoms with Crippen LogP contribution in [0.2, 0.25) is 0 Å². The van der Waals surface area contributed by atoms with Crippen molar-refractivity contribution in [1.82, 2.24) is 19.5 Å². The van der Waals surface area contributed by atoms with E-state index in [1.807, 2.05) is 110 Å². The van der Waals surface area contributed by atoms with Gasteiger partial charge in [-0.05, 0) is 71.6 Å². The first kappa shape index (κ1) is 38.1. The Kier molecular flexibility index (Phi) is 9.50. The summed E-state index contributed by atoms with van der Waals surface area (Å²) in [6.07, 6.45) is -4.51. The lowest BCUT2D eigenvalue weighted by atomic mass is 9.91. The quantitative estimate of drug-likeness (QED) is 0.151. The van der Waals surface area contributed by atoms with E-state index in [1.54, 1.807) is 12.1 Å². The van der Waals surface area contributed by atoms with Crippen LogP contribution in [-0.4, -0.2) is 19.5 Å². The molecule has 0 aliphatic carbocycles. The molecule has 8 aromatic carbocycles. The second-order valence-electron chi connectivity index (χ2n) is 15.1. The summed E-state index contributed by atoms with van der Waals surface area (Å²) in [5.74, 6) is 1.41. The van der Waals surface area contributed by atoms with Crippen LogP contribution in [0.1, 0.15) is 11.1 Å². The molecule has 62 heavy (non-hydrogen) atoms. The van der Waals surface area contributed by atoms with Crippen LogP contribution >= 0.6 is 0 Å². The minimum absolute atomic E-state index is 0.418. The third kappa shape index (κ3) is 7.06. The Morgan fingerprint density at radius 1 is 0.452 bits per heavy atom. The van der Waals surface area contributed by atoms with Crippen molar-refractivity contribution < 1.29 is 13.2 Å². The van der Waals surface area contributed by atoms with Gasteiger partial charge < -0.3 is 4.57 Å². The van der Waals surface area contributed by atoms with Gasteiger partial charge in [-0.25, -0.2) is 19.8 Å². The molecule has 0 unspecified atom stereocenters. The van der Waals surface area contributed by atoms with Crippen molar-refractivity contribution >= 4 is 27.5 Å². The van der Waals surface area contributed by atoms with Crippen LogP contribution in [0.5, 0.6) is 0 Å². The number of para-hydroxylation sites is 1. The first-order valence-corrected chi connectivity index (χ1v) is 20.0. The molecule has 0 fully saturated rings. The van der Waals surface area contributed by atoms with Gasteiger partial charge in [-0.2, -0.15) is 13.2 Å². The number of aromatic nitrogens is 4. The minimum atomic E-state index is -4.51. The fraction of sp³-hybridized carbons (Fsp3) is 0.0370. The topological polar surface area (TPSA) is 48.0 Å². The van der Waals surface area contributed by atoms with E-state index < -0.39 is 11.7 Å². The van der Waals surface area contributed by atoms with Gasteiger partial charge in [0.1, 0.15) is 0 Å². The van der Waals surface area contributed by atoms with E-state index in [4.69, 9.17) is 21.5 Å². The normalized spacial score (nSPS) is 11.5. The van der Waals surface area contributed by atoms with E-state index in [0.717, 1.165) is 78.6 Å². The average molecular weight is 810 g/mol. The van der Waals surface area contributed by atoms with Gasteiger partial charge in [0.25, 0.3) is 0 Å². The highest BCUT2D eigenvalue weighted by molar-refractivity contribution is 6.12. The van der Waals surface area contributed by atoms with Crippen LogP contribution in [-0.2, 0) is 6.18 Å². The summed E-state index contributed by atoms with van der Waals surface area (Å²) >= 11 is 0. The number of hydrogen-bond acceptors (Lipinski definition) is 3. The Morgan fingerprint density at radius 2 is 0.935 bits per heavy atom. The van der Waals surface area contributed by atoms with Crippen LogP contribution in [0.15, 0.2) is 188 Å². The molecule has 0 saturated heterocycles. The molecule has 0 aliphatic heterocycles. The number of fused-ring (bicyclic) bond motifs is 3. The molecule has 0 aliphatic rings. The van der Waals surface area contributed by atoms with Gasteiger partial charge in [0.2, 0.25) is 0 Å². The van der Waals surface area contributed by atoms with Gasteiger partial charge in [-0.15, -0.1) is 0 Å². The molecule has 10 aromatic rings. The summed E-state index contributed by atoms with van der Waals surface area (Å²) in [7, 11) is 0. The van der Waals surface area contributed by atoms with Crippen molar-refractivity contribution in [3.63, 3.8) is 0 Å². The van der Waals surface area contributed by atoms with Gasteiger partial charge in [0, 0.05) is 38.6 Å². The first-order chi connectivity index (χ1) is 30.2. The molecular formula is C54H34F3N5. The average Bonchev–Trinajstić information content (AvgIpc) is 3.65. The molecule has 2 aromatic heterocycles. The fourth-order valence-electron chi connectivity index (χ4n) is 8.08. The van der Waals surface area contributed by atoms with Crippen molar-refractivity contribution in [3.05, 3.63) is 211 Å². The molecule has 5 nitrogen and oxygen atoms in total. The highest BCUT2D eigenvalue weighted by Gasteiger charge is 2.30. The minimum Gasteiger partial charge on any atom is -0.308 e. The lowest BCUT2D eigenvalue weighted by Crippen LogP contribution is -2.05. The highest BCUT2D eigenvalue weighted by atomic mass is 19.4. The van der Waals surface area contributed by atoms with Gasteiger partial charge in [0.05, 0.1) is 28.9 Å². The van der Waals surface area contributed by atoms with Crippen molar-refractivity contribution in [3.8, 4) is 73.2 Å². The lowest BCUT2D eigenvalue weighted by Gasteiger charge is -2.21. The summed E-state index contributed by atoms with van der Waals surface area (Å²) < 4.78 is 44.5. The van der Waals surface area contributed by atoms with Crippen molar-refractivity contribution in [2.24, 2.45) is 0 Å². The van der Waals surface area contributed by atoms with Crippen molar-refractivity contribution in [2.45, 2.75) is 13.1 Å². The van der Waals surface area contributed by atoms with Crippen LogP contribution in [0.4, 0.5) is 18.9 Å². The molecule has 8 heteroatoms. The summed E-state index contributed by atoms with van der Waals surface area (Å²) in [5.41, 5.74) is 10.9. The van der Waals surface area contributed by atoms with Crippen LogP contribution < -0.4 is 0 Å². The third-order valence-corrected chi connectivity index (χ3v) is 11.2. The Hall–Kier alpha value is -8.15. The largest absolute Gasteiger partial charge is 0.416 e. The van der Waals surface area contributed by atoms with Gasteiger partial charge in [-0.1, -0.05) is 151 Å². The zero-order chi connectivity index (χ0) is 42.4. The molecule has 0 amide bonds. The number of nitrogens with zero attached hydrogens (tertiary/aromatic N) is 5. The summed E-state index contributed by atoms with van der Waals surface area (Å²) in [6, 6.07) is 59.2. The number of aryl methyl sites for hydroxylation is 1. The maximum Gasteiger partial charge on any atom is 0.416 e. The Morgan fingerprint density at radius 3 is 1.50 bits per heavy atom. The zero-order valence-electron chi connectivity index (χ0n) is 33.3. The number of alkyl halides is 3. The molecule has 0 atom stereocenters. The smallest absolute Gasteiger partial charge is 0.308 e. The molecule has 0 bridgehead atoms. The van der Waals surface area contributed by atoms with E-state index >= 15 is 0 Å². The summed E-state index contributed by atoms with van der Waals surface area (Å²) in [4.78, 5) is 18.6. The number of rotatable bonds is 7. The summed E-state index contributed by atoms with van der Waals surface area (Å²) in [5, 5.41) is 2.01. The van der Waals surface area contributed by atoms with E-state index in [0.29, 0.717) is 39.9 Å². The maximum atomic E-state index is 14.1. The number of benzene rings is 8. The molecular weight excluding hydrogens is 776 g/mol.